The molecule has 6 rings (SSSR count). The Hall–Kier alpha value is -3.53. The number of fused-ring (bicyclic) bond motifs is 1. The first-order valence-corrected chi connectivity index (χ1v) is 14.9. The minimum atomic E-state index is -1.59. The summed E-state index contributed by atoms with van der Waals surface area (Å²) in [6.45, 7) is 5.42. The van der Waals surface area contributed by atoms with Crippen molar-refractivity contribution in [2.24, 2.45) is 0 Å². The minimum absolute atomic E-state index is 0.286. The summed E-state index contributed by atoms with van der Waals surface area (Å²) >= 11 is 6.91. The number of thiocarbonyl (C=S) groups is 1. The quantitative estimate of drug-likeness (QED) is 0.142. The molecular formula is C29H26N4O2S3. The van der Waals surface area contributed by atoms with E-state index in [4.69, 9.17) is 12.2 Å². The maximum Gasteiger partial charge on any atom is 0.284 e. The van der Waals surface area contributed by atoms with Crippen LogP contribution in [0.3, 0.4) is 0 Å². The Labute approximate surface area is 234 Å². The van der Waals surface area contributed by atoms with Gasteiger partial charge in [0.15, 0.2) is 10.0 Å². The van der Waals surface area contributed by atoms with E-state index in [0.29, 0.717) is 28.1 Å². The zero-order chi connectivity index (χ0) is 26.4. The second kappa shape index (κ2) is 9.98. The third-order valence-corrected chi connectivity index (χ3v) is 9.99. The Balaban J connectivity index is 1.48. The molecule has 0 aliphatic carbocycles. The number of anilines is 3. The molecule has 3 heterocycles. The highest BCUT2D eigenvalue weighted by Crippen LogP contribution is 2.46. The Morgan fingerprint density at radius 2 is 1.45 bits per heavy atom. The standard InChI is InChI=1S/C29H26N4O2S3/c1-3-30-19-24(27-31(4-2)22-17-11-12-18-23(22)37-27)38(35)28(30)25-26(34)33(21-15-9-6-10-16-21)29(36)32(25)20-13-7-5-8-14-20/h5-19,37H,3-4H2,1-2H3. The van der Waals surface area contributed by atoms with Gasteiger partial charge in [-0.25, -0.2) is 0 Å². The first-order chi connectivity index (χ1) is 18.5. The molecular weight excluding hydrogens is 533 g/mol. The van der Waals surface area contributed by atoms with Crippen LogP contribution in [0, 0.1) is 5.37 Å². The molecule has 0 aromatic heterocycles. The van der Waals surface area contributed by atoms with Gasteiger partial charge in [0.05, 0.1) is 22.2 Å². The molecule has 0 saturated carbocycles. The number of carbonyl (C=O) groups excluding carboxylic acids is 1. The number of nitrogens with zero attached hydrogens (tertiary/aromatic N) is 4. The molecule has 1 atom stereocenters. The zero-order valence-electron chi connectivity index (χ0n) is 20.9. The van der Waals surface area contributed by atoms with Gasteiger partial charge >= 0.3 is 0 Å². The van der Waals surface area contributed by atoms with Crippen LogP contribution in [-0.2, 0) is 27.4 Å². The average Bonchev–Trinajstić information content (AvgIpc) is 3.57. The lowest BCUT2D eigenvalue weighted by atomic mass is 10.2. The lowest BCUT2D eigenvalue weighted by Crippen LogP contribution is -2.32. The molecule has 1 saturated heterocycles. The summed E-state index contributed by atoms with van der Waals surface area (Å²) in [6, 6.07) is 27.2. The Morgan fingerprint density at radius 3 is 2.08 bits per heavy atom. The van der Waals surface area contributed by atoms with Crippen molar-refractivity contribution < 1.29 is 9.00 Å². The smallest absolute Gasteiger partial charge is 0.284 e. The number of rotatable bonds is 5. The van der Waals surface area contributed by atoms with Crippen molar-refractivity contribution >= 4 is 62.9 Å². The number of amides is 1. The highest BCUT2D eigenvalue weighted by molar-refractivity contribution is 7.95. The van der Waals surface area contributed by atoms with E-state index >= 15 is 0 Å². The lowest BCUT2D eigenvalue weighted by molar-refractivity contribution is -0.113. The highest BCUT2D eigenvalue weighted by atomic mass is 32.2. The first-order valence-electron chi connectivity index (χ1n) is 12.4. The molecule has 1 amide bonds. The second-order valence-electron chi connectivity index (χ2n) is 8.80. The molecule has 192 valence electrons. The number of hydrogen-bond donors (Lipinski definition) is 0. The SMILES string of the molecule is CCN1C=C([C-]2[SH+]c3ccccc3N2CC)S(=O)C1=C1C(=O)N(c2ccccc2)C(=S)N1c1ccccc1. The Morgan fingerprint density at radius 1 is 0.842 bits per heavy atom. The fraction of sp³-hybridized carbons (Fsp3) is 0.138. The van der Waals surface area contributed by atoms with Crippen molar-refractivity contribution in [2.75, 3.05) is 27.8 Å². The number of carbonyl (C=O) groups is 1. The predicted molar refractivity (Wildman–Crippen MR) is 161 cm³/mol. The van der Waals surface area contributed by atoms with Crippen LogP contribution < -0.4 is 14.7 Å². The largest absolute Gasteiger partial charge is 0.417 e. The molecule has 6 nitrogen and oxygen atoms in total. The van der Waals surface area contributed by atoms with E-state index in [9.17, 15) is 9.00 Å². The Bertz CT molecular complexity index is 1510. The van der Waals surface area contributed by atoms with E-state index in [1.54, 1.807) is 4.90 Å². The van der Waals surface area contributed by atoms with Gasteiger partial charge in [0.2, 0.25) is 0 Å². The molecule has 3 aromatic rings. The van der Waals surface area contributed by atoms with Gasteiger partial charge in [-0.2, -0.15) is 0 Å². The van der Waals surface area contributed by atoms with Crippen LogP contribution in [-0.4, -0.2) is 33.2 Å². The second-order valence-corrected chi connectivity index (χ2v) is 11.7. The first kappa shape index (κ1) is 24.8. The summed E-state index contributed by atoms with van der Waals surface area (Å²) in [5.41, 5.74) is 2.89. The fourth-order valence-corrected chi connectivity index (χ4v) is 8.40. The van der Waals surface area contributed by atoms with Crippen molar-refractivity contribution in [1.82, 2.24) is 4.90 Å². The van der Waals surface area contributed by atoms with Crippen molar-refractivity contribution in [3.63, 3.8) is 0 Å². The highest BCUT2D eigenvalue weighted by Gasteiger charge is 2.46. The number of hydrogen-bond acceptors (Lipinski definition) is 5. The topological polar surface area (TPSA) is 47.1 Å². The molecule has 3 aromatic carbocycles. The van der Waals surface area contributed by atoms with Crippen LogP contribution in [0.25, 0.3) is 0 Å². The van der Waals surface area contributed by atoms with Crippen molar-refractivity contribution in [1.29, 1.82) is 0 Å². The maximum absolute atomic E-state index is 14.4. The summed E-state index contributed by atoms with van der Waals surface area (Å²) in [7, 11) is -1.59. The molecule has 0 spiro atoms. The van der Waals surface area contributed by atoms with Gasteiger partial charge in [0.1, 0.15) is 16.1 Å². The molecule has 0 bridgehead atoms. The van der Waals surface area contributed by atoms with Gasteiger partial charge < -0.3 is 9.80 Å². The predicted octanol–water partition coefficient (Wildman–Crippen LogP) is 5.12. The molecule has 0 radical (unpaired) electrons. The summed E-state index contributed by atoms with van der Waals surface area (Å²) in [5, 5.41) is 1.79. The number of likely N-dealkylation sites (N-methyl/N-ethyl adjacent to an activating group) is 1. The molecule has 38 heavy (non-hydrogen) atoms. The van der Waals surface area contributed by atoms with E-state index in [1.807, 2.05) is 90.8 Å². The third-order valence-electron chi connectivity index (χ3n) is 6.68. The summed E-state index contributed by atoms with van der Waals surface area (Å²) in [6.07, 6.45) is 1.94. The van der Waals surface area contributed by atoms with Gasteiger partial charge in [-0.05, 0) is 79.1 Å². The summed E-state index contributed by atoms with van der Waals surface area (Å²) in [4.78, 5) is 23.5. The maximum atomic E-state index is 14.4. The van der Waals surface area contributed by atoms with E-state index in [1.165, 1.54) is 9.80 Å². The van der Waals surface area contributed by atoms with Crippen LogP contribution in [0.2, 0.25) is 0 Å². The van der Waals surface area contributed by atoms with Crippen LogP contribution in [0.15, 0.2) is 112 Å². The Kier molecular flexibility index (Phi) is 6.51. The molecule has 0 N–H and O–H groups in total. The minimum Gasteiger partial charge on any atom is -0.417 e. The molecule has 3 aliphatic heterocycles. The van der Waals surface area contributed by atoms with Gasteiger partial charge in [0.25, 0.3) is 5.91 Å². The van der Waals surface area contributed by atoms with E-state index in [0.717, 1.165) is 40.0 Å². The van der Waals surface area contributed by atoms with Crippen molar-refractivity contribution in [2.45, 2.75) is 18.7 Å². The number of para-hydroxylation sites is 3. The van der Waals surface area contributed by atoms with E-state index in [-0.39, 0.29) is 5.91 Å². The zero-order valence-corrected chi connectivity index (χ0v) is 23.5. The summed E-state index contributed by atoms with van der Waals surface area (Å²) < 4.78 is 14.4. The van der Waals surface area contributed by atoms with Gasteiger partial charge in [-0.3, -0.25) is 18.8 Å². The van der Waals surface area contributed by atoms with Crippen LogP contribution in [0.5, 0.6) is 0 Å². The van der Waals surface area contributed by atoms with Crippen LogP contribution in [0.1, 0.15) is 13.8 Å². The van der Waals surface area contributed by atoms with Crippen molar-refractivity contribution in [3.8, 4) is 0 Å². The van der Waals surface area contributed by atoms with E-state index in [2.05, 4.69) is 24.0 Å². The monoisotopic (exact) mass is 558 g/mol. The summed E-state index contributed by atoms with van der Waals surface area (Å²) in [5.74, 6) is -0.286. The van der Waals surface area contributed by atoms with Crippen LogP contribution in [0.4, 0.5) is 17.1 Å². The number of benzene rings is 3. The molecule has 1 unspecified atom stereocenters. The number of thiol groups is 1. The van der Waals surface area contributed by atoms with E-state index < -0.39 is 10.8 Å². The lowest BCUT2D eigenvalue weighted by Gasteiger charge is -2.27. The molecule has 1 fully saturated rings. The normalized spacial score (nSPS) is 21.1. The average molecular weight is 559 g/mol. The van der Waals surface area contributed by atoms with Gasteiger partial charge in [0, 0.05) is 18.8 Å². The molecule has 9 heteroatoms. The molecule has 3 aliphatic rings. The van der Waals surface area contributed by atoms with Crippen LogP contribution >= 0.6 is 12.2 Å². The third kappa shape index (κ3) is 3.84. The fourth-order valence-electron chi connectivity index (χ4n) is 4.93. The van der Waals surface area contributed by atoms with Gasteiger partial charge in [-0.15, -0.1) is 6.20 Å². The van der Waals surface area contributed by atoms with Gasteiger partial charge in [-0.1, -0.05) is 48.5 Å². The van der Waals surface area contributed by atoms with Crippen molar-refractivity contribution in [3.05, 3.63) is 112 Å².